The molecule has 1 fully saturated rings. The molecule has 2 heterocycles. The quantitative estimate of drug-likeness (QED) is 0.556. The first-order valence-electron chi connectivity index (χ1n) is 9.97. The predicted octanol–water partition coefficient (Wildman–Crippen LogP) is 4.09. The number of aromatic nitrogens is 1. The maximum absolute atomic E-state index is 13.0. The number of nitrogens with one attached hydrogen (secondary N) is 1. The van der Waals surface area contributed by atoms with Gasteiger partial charge in [0, 0.05) is 41.4 Å². The highest BCUT2D eigenvalue weighted by Crippen LogP contribution is 2.29. The summed E-state index contributed by atoms with van der Waals surface area (Å²) >= 11 is 13.4. The zero-order valence-corrected chi connectivity index (χ0v) is 20.3. The molecule has 2 aromatic carbocycles. The summed E-state index contributed by atoms with van der Waals surface area (Å²) in [6, 6.07) is 10.1. The van der Waals surface area contributed by atoms with E-state index in [0.717, 1.165) is 21.6 Å². The number of nitrogens with zero attached hydrogens (tertiary/aromatic N) is 2. The van der Waals surface area contributed by atoms with Crippen LogP contribution >= 0.6 is 34.5 Å². The van der Waals surface area contributed by atoms with Crippen molar-refractivity contribution in [2.24, 2.45) is 13.0 Å². The van der Waals surface area contributed by atoms with Gasteiger partial charge in [-0.05, 0) is 43.2 Å². The van der Waals surface area contributed by atoms with Gasteiger partial charge in [0.05, 0.1) is 21.9 Å². The van der Waals surface area contributed by atoms with Gasteiger partial charge in [0.1, 0.15) is 0 Å². The van der Waals surface area contributed by atoms with E-state index >= 15 is 0 Å². The van der Waals surface area contributed by atoms with E-state index in [4.69, 9.17) is 23.2 Å². The molecule has 1 aliphatic rings. The molecule has 0 aliphatic carbocycles. The Morgan fingerprint density at radius 2 is 1.94 bits per heavy atom. The number of anilines is 1. The van der Waals surface area contributed by atoms with Crippen LogP contribution < -0.4 is 10.2 Å². The summed E-state index contributed by atoms with van der Waals surface area (Å²) in [6.07, 6.45) is 1.17. The molecule has 1 aromatic heterocycles. The zero-order chi connectivity index (χ0) is 23.0. The minimum absolute atomic E-state index is 0.0739. The summed E-state index contributed by atoms with van der Waals surface area (Å²) in [5.74, 6) is -1.04. The van der Waals surface area contributed by atoms with Gasteiger partial charge in [-0.25, -0.2) is 12.7 Å². The molecule has 0 spiro atoms. The van der Waals surface area contributed by atoms with Crippen LogP contribution in [-0.2, 0) is 27.6 Å². The number of halogens is 2. The number of benzene rings is 2. The average molecular weight is 514 g/mol. The van der Waals surface area contributed by atoms with Crippen molar-refractivity contribution < 1.29 is 13.2 Å². The maximum atomic E-state index is 13.0. The lowest BCUT2D eigenvalue weighted by Crippen LogP contribution is -2.44. The molecule has 0 bridgehead atoms. The van der Waals surface area contributed by atoms with Gasteiger partial charge in [0.25, 0.3) is 0 Å². The molecule has 1 saturated heterocycles. The first-order chi connectivity index (χ1) is 15.2. The van der Waals surface area contributed by atoms with Gasteiger partial charge < -0.3 is 9.88 Å². The van der Waals surface area contributed by atoms with E-state index in [1.54, 1.807) is 48.0 Å². The van der Waals surface area contributed by atoms with Gasteiger partial charge in [0.2, 0.25) is 15.9 Å². The van der Waals surface area contributed by atoms with E-state index in [9.17, 15) is 18.0 Å². The van der Waals surface area contributed by atoms with Crippen molar-refractivity contribution in [3.63, 3.8) is 0 Å². The molecule has 1 amide bonds. The number of amides is 1. The van der Waals surface area contributed by atoms with E-state index in [1.807, 2.05) is 0 Å². The molecule has 32 heavy (non-hydrogen) atoms. The Kier molecular flexibility index (Phi) is 6.65. The van der Waals surface area contributed by atoms with Gasteiger partial charge in [-0.1, -0.05) is 40.6 Å². The summed E-state index contributed by atoms with van der Waals surface area (Å²) < 4.78 is 29.7. The van der Waals surface area contributed by atoms with E-state index in [-0.39, 0.29) is 23.1 Å². The van der Waals surface area contributed by atoms with Gasteiger partial charge in [-0.15, -0.1) is 0 Å². The van der Waals surface area contributed by atoms with Crippen LogP contribution in [0.5, 0.6) is 0 Å². The molecular formula is C21H21Cl2N3O4S2. The fourth-order valence-electron chi connectivity index (χ4n) is 3.81. The molecule has 3 aromatic rings. The van der Waals surface area contributed by atoms with Crippen LogP contribution in [-0.4, -0.2) is 36.3 Å². The molecule has 11 heteroatoms. The van der Waals surface area contributed by atoms with E-state index in [0.29, 0.717) is 40.7 Å². The highest BCUT2D eigenvalue weighted by molar-refractivity contribution is 7.88. The second-order valence-electron chi connectivity index (χ2n) is 7.75. The highest BCUT2D eigenvalue weighted by Gasteiger charge is 2.33. The molecule has 1 aliphatic heterocycles. The molecule has 4 rings (SSSR count). The molecule has 1 atom stereocenters. The van der Waals surface area contributed by atoms with Crippen molar-refractivity contribution in [3.8, 4) is 0 Å². The standard InChI is InChI=1S/C21H21Cl2N3O4S2/c1-25-18-8-7-14(10-19(18)31-21(25)28)24-20(27)13-4-3-9-26(11-13)32(29,30)12-15-16(22)5-2-6-17(15)23/h2,5-8,10,13H,3-4,9,11-12H2,1H3,(H,24,27). The lowest BCUT2D eigenvalue weighted by Gasteiger charge is -2.31. The van der Waals surface area contributed by atoms with Crippen LogP contribution in [0.1, 0.15) is 18.4 Å². The molecule has 0 saturated carbocycles. The van der Waals surface area contributed by atoms with Crippen molar-refractivity contribution >= 4 is 66.4 Å². The summed E-state index contributed by atoms with van der Waals surface area (Å²) in [4.78, 5) is 24.6. The number of sulfonamides is 1. The Balaban J connectivity index is 1.47. The number of piperidine rings is 1. The number of carbonyl (C=O) groups excluding carboxylic acids is 1. The second kappa shape index (κ2) is 9.15. The minimum atomic E-state index is -3.70. The third kappa shape index (κ3) is 4.72. The second-order valence-corrected chi connectivity index (χ2v) is 11.5. The van der Waals surface area contributed by atoms with Gasteiger partial charge >= 0.3 is 4.87 Å². The molecule has 7 nitrogen and oxygen atoms in total. The Bertz CT molecular complexity index is 1330. The fraction of sp³-hybridized carbons (Fsp3) is 0.333. The minimum Gasteiger partial charge on any atom is -0.326 e. The molecular weight excluding hydrogens is 493 g/mol. The zero-order valence-electron chi connectivity index (χ0n) is 17.2. The van der Waals surface area contributed by atoms with Gasteiger partial charge in [-0.2, -0.15) is 0 Å². The highest BCUT2D eigenvalue weighted by atomic mass is 35.5. The van der Waals surface area contributed by atoms with Crippen LogP contribution in [0.2, 0.25) is 10.0 Å². The molecule has 0 radical (unpaired) electrons. The normalized spacial score (nSPS) is 17.5. The summed E-state index contributed by atoms with van der Waals surface area (Å²) in [5, 5.41) is 3.46. The number of carbonyl (C=O) groups is 1. The number of hydrogen-bond donors (Lipinski definition) is 1. The molecule has 1 unspecified atom stereocenters. The summed E-state index contributed by atoms with van der Waals surface area (Å²) in [6.45, 7) is 0.440. The third-order valence-corrected chi connectivity index (χ3v) is 9.07. The fourth-order valence-corrected chi connectivity index (χ4v) is 7.09. The van der Waals surface area contributed by atoms with Gasteiger partial charge in [-0.3, -0.25) is 9.59 Å². The predicted molar refractivity (Wildman–Crippen MR) is 129 cm³/mol. The topological polar surface area (TPSA) is 88.5 Å². The van der Waals surface area contributed by atoms with Crippen molar-refractivity contribution in [3.05, 3.63) is 61.7 Å². The van der Waals surface area contributed by atoms with Crippen LogP contribution in [0.3, 0.4) is 0 Å². The number of hydrogen-bond acceptors (Lipinski definition) is 5. The maximum Gasteiger partial charge on any atom is 0.307 e. The van der Waals surface area contributed by atoms with E-state index < -0.39 is 15.9 Å². The van der Waals surface area contributed by atoms with Crippen LogP contribution in [0.25, 0.3) is 10.2 Å². The number of rotatable bonds is 5. The van der Waals surface area contributed by atoms with Crippen molar-refractivity contribution in [2.75, 3.05) is 18.4 Å². The first kappa shape index (κ1) is 23.3. The lowest BCUT2D eigenvalue weighted by molar-refractivity contribution is -0.120. The average Bonchev–Trinajstić information content (AvgIpc) is 3.04. The number of fused-ring (bicyclic) bond motifs is 1. The van der Waals surface area contributed by atoms with Crippen LogP contribution in [0, 0.1) is 5.92 Å². The number of thiazole rings is 1. The monoisotopic (exact) mass is 513 g/mol. The summed E-state index contributed by atoms with van der Waals surface area (Å²) in [7, 11) is -2.00. The van der Waals surface area contributed by atoms with Crippen LogP contribution in [0.15, 0.2) is 41.2 Å². The Morgan fingerprint density at radius 1 is 1.22 bits per heavy atom. The molecule has 1 N–H and O–H groups in total. The SMILES string of the molecule is Cn1c(=O)sc2cc(NC(=O)C3CCCN(S(=O)(=O)Cc4c(Cl)cccc4Cl)C3)ccc21. The van der Waals surface area contributed by atoms with Crippen molar-refractivity contribution in [2.45, 2.75) is 18.6 Å². The Morgan fingerprint density at radius 3 is 2.66 bits per heavy atom. The van der Waals surface area contributed by atoms with E-state index in [1.165, 1.54) is 4.31 Å². The third-order valence-electron chi connectivity index (χ3n) is 5.60. The smallest absolute Gasteiger partial charge is 0.307 e. The van der Waals surface area contributed by atoms with Gasteiger partial charge in [0.15, 0.2) is 0 Å². The summed E-state index contributed by atoms with van der Waals surface area (Å²) in [5.41, 5.74) is 1.73. The van der Waals surface area contributed by atoms with E-state index in [2.05, 4.69) is 5.32 Å². The molecule has 170 valence electrons. The largest absolute Gasteiger partial charge is 0.326 e. The Hall–Kier alpha value is -1.91. The van der Waals surface area contributed by atoms with Crippen molar-refractivity contribution in [1.82, 2.24) is 8.87 Å². The van der Waals surface area contributed by atoms with Crippen LogP contribution in [0.4, 0.5) is 5.69 Å². The lowest BCUT2D eigenvalue weighted by atomic mass is 9.98. The first-order valence-corrected chi connectivity index (χ1v) is 13.1. The van der Waals surface area contributed by atoms with Crippen molar-refractivity contribution in [1.29, 1.82) is 0 Å². The Labute approximate surface area is 199 Å². The number of aryl methyl sites for hydroxylation is 1.